The molecular weight excluding hydrogens is 1250 g/mol. The van der Waals surface area contributed by atoms with E-state index < -0.39 is 97.5 Å². The van der Waals surface area contributed by atoms with Crippen molar-refractivity contribution in [2.75, 3.05) is 39.6 Å². The summed E-state index contributed by atoms with van der Waals surface area (Å²) in [7, 11) is -9.91. The SMILES string of the molecule is CCCCCCCCCCCCCCCCCCCCC(=O)O[C@H](COC(=O)CCCCCCCCCCCCCCCCC)COP(=O)(O)OC[C@@H](O)COP(=O)(O)OC[C@@H](COC(=O)CCCCCCCCC(C)C)OC(=O)CCCCCCCCCCCCCCC. The molecule has 19 heteroatoms. The van der Waals surface area contributed by atoms with Gasteiger partial charge in [-0.25, -0.2) is 9.13 Å². The van der Waals surface area contributed by atoms with E-state index in [0.717, 1.165) is 96.3 Å². The third kappa shape index (κ3) is 70.3. The Morgan fingerprint density at radius 1 is 0.284 bits per heavy atom. The van der Waals surface area contributed by atoms with Crippen molar-refractivity contribution < 1.29 is 80.2 Å². The number of hydrogen-bond acceptors (Lipinski definition) is 15. The number of esters is 4. The Hall–Kier alpha value is -1.94. The molecule has 0 aromatic heterocycles. The fraction of sp³-hybridized carbons (Fsp3) is 0.947. The average Bonchev–Trinajstić information content (AvgIpc) is 2.30. The lowest BCUT2D eigenvalue weighted by atomic mass is 10.0. The molecule has 0 bridgehead atoms. The van der Waals surface area contributed by atoms with Gasteiger partial charge >= 0.3 is 39.5 Å². The molecule has 0 fully saturated rings. The Morgan fingerprint density at radius 2 is 0.484 bits per heavy atom. The van der Waals surface area contributed by atoms with E-state index in [4.69, 9.17) is 37.0 Å². The number of carbonyl (C=O) groups excluding carboxylic acids is 4. The second-order valence-corrected chi connectivity index (χ2v) is 30.8. The van der Waals surface area contributed by atoms with Gasteiger partial charge in [-0.1, -0.05) is 349 Å². The van der Waals surface area contributed by atoms with Crippen LogP contribution >= 0.6 is 15.6 Å². The molecule has 0 spiro atoms. The van der Waals surface area contributed by atoms with Crippen LogP contribution in [0.3, 0.4) is 0 Å². The lowest BCUT2D eigenvalue weighted by Gasteiger charge is -2.21. The molecule has 95 heavy (non-hydrogen) atoms. The maximum absolute atomic E-state index is 13.1. The second-order valence-electron chi connectivity index (χ2n) is 27.9. The van der Waals surface area contributed by atoms with Crippen LogP contribution < -0.4 is 0 Å². The first-order valence-corrected chi connectivity index (χ1v) is 42.6. The Morgan fingerprint density at radius 3 is 0.716 bits per heavy atom. The van der Waals surface area contributed by atoms with Crippen LogP contribution in [0, 0.1) is 5.92 Å². The van der Waals surface area contributed by atoms with E-state index in [9.17, 15) is 43.2 Å². The monoisotopic (exact) mass is 1400 g/mol. The standard InChI is InChI=1S/C76H148O17P2/c1-6-9-12-15-18-21-24-27-29-30-31-33-36-39-42-45-52-57-62-75(80)92-71(65-86-73(78)59-54-49-43-40-37-35-32-28-25-22-19-16-13-10-7-2)67-90-94(82,83)88-63-70(77)64-89-95(84,85)91-68-72(66-87-74(79)60-55-50-47-46-48-53-58-69(4)5)93-76(81)61-56-51-44-41-38-34-26-23-20-17-14-11-8-3/h69-72,77H,6-68H2,1-5H3,(H,82,83)(H,84,85)/t70-,71-,72-/m1/s1. The fourth-order valence-electron chi connectivity index (χ4n) is 11.7. The van der Waals surface area contributed by atoms with Gasteiger partial charge in [-0.15, -0.1) is 0 Å². The van der Waals surface area contributed by atoms with Gasteiger partial charge in [-0.3, -0.25) is 37.3 Å². The van der Waals surface area contributed by atoms with Gasteiger partial charge in [-0.2, -0.15) is 0 Å². The predicted octanol–water partition coefficient (Wildman–Crippen LogP) is 22.5. The van der Waals surface area contributed by atoms with Crippen molar-refractivity contribution in [1.29, 1.82) is 0 Å². The van der Waals surface area contributed by atoms with Crippen LogP contribution in [0.4, 0.5) is 0 Å². The molecule has 0 aromatic carbocycles. The van der Waals surface area contributed by atoms with Crippen LogP contribution in [0.1, 0.15) is 401 Å². The Balaban J connectivity index is 5.23. The number of carbonyl (C=O) groups is 4. The van der Waals surface area contributed by atoms with Crippen LogP contribution in [0.25, 0.3) is 0 Å². The number of aliphatic hydroxyl groups is 1. The van der Waals surface area contributed by atoms with Gasteiger partial charge in [0.15, 0.2) is 12.2 Å². The van der Waals surface area contributed by atoms with Crippen LogP contribution in [0.15, 0.2) is 0 Å². The van der Waals surface area contributed by atoms with Gasteiger partial charge in [-0.05, 0) is 31.6 Å². The number of unbranched alkanes of at least 4 members (excludes halogenated alkanes) is 48. The molecule has 0 radical (unpaired) electrons. The van der Waals surface area contributed by atoms with Gasteiger partial charge in [0.25, 0.3) is 0 Å². The smallest absolute Gasteiger partial charge is 0.462 e. The summed E-state index contributed by atoms with van der Waals surface area (Å²) in [5, 5.41) is 10.6. The third-order valence-corrected chi connectivity index (χ3v) is 19.7. The number of phosphoric acid groups is 2. The van der Waals surface area contributed by atoms with Crippen LogP contribution in [-0.4, -0.2) is 96.7 Å². The zero-order valence-corrected chi connectivity index (χ0v) is 63.6. The van der Waals surface area contributed by atoms with Crippen LogP contribution in [0.2, 0.25) is 0 Å². The highest BCUT2D eigenvalue weighted by Gasteiger charge is 2.30. The Kier molecular flexibility index (Phi) is 67.7. The fourth-order valence-corrected chi connectivity index (χ4v) is 13.3. The van der Waals surface area contributed by atoms with E-state index >= 15 is 0 Å². The first-order chi connectivity index (χ1) is 46.0. The molecule has 0 aliphatic carbocycles. The largest absolute Gasteiger partial charge is 0.472 e. The normalized spacial score (nSPS) is 13.9. The molecule has 0 rings (SSSR count). The first kappa shape index (κ1) is 93.1. The van der Waals surface area contributed by atoms with Crippen molar-refractivity contribution in [3.63, 3.8) is 0 Å². The van der Waals surface area contributed by atoms with Crippen molar-refractivity contribution in [2.45, 2.75) is 419 Å². The zero-order valence-electron chi connectivity index (χ0n) is 61.8. The maximum Gasteiger partial charge on any atom is 0.472 e. The highest BCUT2D eigenvalue weighted by molar-refractivity contribution is 7.47. The molecule has 0 aliphatic rings. The summed E-state index contributed by atoms with van der Waals surface area (Å²) in [4.78, 5) is 72.8. The van der Waals surface area contributed by atoms with Crippen molar-refractivity contribution in [2.24, 2.45) is 5.92 Å². The highest BCUT2D eigenvalue weighted by atomic mass is 31.2. The summed E-state index contributed by atoms with van der Waals surface area (Å²) >= 11 is 0. The molecule has 17 nitrogen and oxygen atoms in total. The zero-order chi connectivity index (χ0) is 69.8. The maximum atomic E-state index is 13.1. The summed E-state index contributed by atoms with van der Waals surface area (Å²) in [5.74, 6) is -1.43. The molecule has 0 heterocycles. The van der Waals surface area contributed by atoms with Gasteiger partial charge in [0.05, 0.1) is 26.4 Å². The van der Waals surface area contributed by atoms with Crippen molar-refractivity contribution >= 4 is 39.5 Å². The van der Waals surface area contributed by atoms with Crippen LogP contribution in [-0.2, 0) is 65.4 Å². The van der Waals surface area contributed by atoms with E-state index in [0.29, 0.717) is 31.6 Å². The number of ether oxygens (including phenoxy) is 4. The molecule has 564 valence electrons. The highest BCUT2D eigenvalue weighted by Crippen LogP contribution is 2.45. The lowest BCUT2D eigenvalue weighted by molar-refractivity contribution is -0.161. The summed E-state index contributed by atoms with van der Waals surface area (Å²) in [6.45, 7) is 7.22. The van der Waals surface area contributed by atoms with Gasteiger partial charge < -0.3 is 33.8 Å². The number of phosphoric ester groups is 2. The molecule has 0 saturated heterocycles. The molecule has 0 aliphatic heterocycles. The number of hydrogen-bond donors (Lipinski definition) is 3. The minimum absolute atomic E-state index is 0.107. The van der Waals surface area contributed by atoms with Crippen molar-refractivity contribution in [1.82, 2.24) is 0 Å². The van der Waals surface area contributed by atoms with E-state index in [1.807, 2.05) is 0 Å². The van der Waals surface area contributed by atoms with E-state index in [-0.39, 0.29) is 25.7 Å². The summed E-state index contributed by atoms with van der Waals surface area (Å²) in [5.41, 5.74) is 0. The second kappa shape index (κ2) is 69.2. The summed E-state index contributed by atoms with van der Waals surface area (Å²) in [6.07, 6.45) is 58.3. The molecule has 0 aromatic rings. The van der Waals surface area contributed by atoms with Crippen LogP contribution in [0.5, 0.6) is 0 Å². The minimum Gasteiger partial charge on any atom is -0.462 e. The van der Waals surface area contributed by atoms with Crippen molar-refractivity contribution in [3.05, 3.63) is 0 Å². The number of rotatable bonds is 76. The molecule has 5 atom stereocenters. The van der Waals surface area contributed by atoms with Gasteiger partial charge in [0.2, 0.25) is 0 Å². The van der Waals surface area contributed by atoms with Gasteiger partial charge in [0, 0.05) is 25.7 Å². The lowest BCUT2D eigenvalue weighted by Crippen LogP contribution is -2.30. The van der Waals surface area contributed by atoms with E-state index in [1.54, 1.807) is 0 Å². The molecule has 0 saturated carbocycles. The summed E-state index contributed by atoms with van der Waals surface area (Å²) in [6, 6.07) is 0. The molecule has 3 N–H and O–H groups in total. The van der Waals surface area contributed by atoms with E-state index in [2.05, 4.69) is 34.6 Å². The quantitative estimate of drug-likeness (QED) is 0.0222. The molecule has 0 amide bonds. The Labute approximate surface area is 581 Å². The summed E-state index contributed by atoms with van der Waals surface area (Å²) < 4.78 is 68.5. The minimum atomic E-state index is -4.96. The van der Waals surface area contributed by atoms with E-state index in [1.165, 1.54) is 218 Å². The topological polar surface area (TPSA) is 237 Å². The molecule has 2 unspecified atom stereocenters. The molecular formula is C76H148O17P2. The third-order valence-electron chi connectivity index (χ3n) is 17.8. The van der Waals surface area contributed by atoms with Gasteiger partial charge in [0.1, 0.15) is 19.3 Å². The average molecular weight is 1400 g/mol. The van der Waals surface area contributed by atoms with Crippen molar-refractivity contribution in [3.8, 4) is 0 Å². The predicted molar refractivity (Wildman–Crippen MR) is 386 cm³/mol. The first-order valence-electron chi connectivity index (χ1n) is 39.6. The number of aliphatic hydroxyl groups excluding tert-OH is 1. The Bertz CT molecular complexity index is 1820.